The first-order valence-electron chi connectivity index (χ1n) is 7.48. The Morgan fingerprint density at radius 3 is 2.95 bits per heavy atom. The summed E-state index contributed by atoms with van der Waals surface area (Å²) in [5.41, 5.74) is 1.94. The predicted molar refractivity (Wildman–Crippen MR) is 84.8 cm³/mol. The summed E-state index contributed by atoms with van der Waals surface area (Å²) in [6.45, 7) is 2.80. The highest BCUT2D eigenvalue weighted by Crippen LogP contribution is 2.28. The summed E-state index contributed by atoms with van der Waals surface area (Å²) in [5, 5.41) is 12.3. The SMILES string of the molecule is Cc1cccc(Cc2nc(NCC3CC3)c(C#N)c(=O)[nH]2)c1. The number of rotatable bonds is 5. The van der Waals surface area contributed by atoms with Crippen molar-refractivity contribution in [2.75, 3.05) is 11.9 Å². The molecule has 0 atom stereocenters. The van der Waals surface area contributed by atoms with E-state index < -0.39 is 0 Å². The molecule has 1 aliphatic rings. The van der Waals surface area contributed by atoms with Crippen LogP contribution in [0, 0.1) is 24.2 Å². The van der Waals surface area contributed by atoms with Gasteiger partial charge in [0.15, 0.2) is 11.4 Å². The molecule has 22 heavy (non-hydrogen) atoms. The maximum atomic E-state index is 12.1. The average Bonchev–Trinajstić information content (AvgIpc) is 3.29. The van der Waals surface area contributed by atoms with Crippen molar-refractivity contribution in [3.63, 3.8) is 0 Å². The van der Waals surface area contributed by atoms with E-state index in [1.54, 1.807) is 0 Å². The summed E-state index contributed by atoms with van der Waals surface area (Å²) in [4.78, 5) is 19.2. The minimum atomic E-state index is -0.376. The van der Waals surface area contributed by atoms with Crippen LogP contribution in [0.1, 0.15) is 35.4 Å². The molecule has 0 aliphatic heterocycles. The van der Waals surface area contributed by atoms with Gasteiger partial charge in [-0.25, -0.2) is 4.98 Å². The topological polar surface area (TPSA) is 81.6 Å². The van der Waals surface area contributed by atoms with Gasteiger partial charge in [0.05, 0.1) is 0 Å². The number of aromatic nitrogens is 2. The second-order valence-corrected chi connectivity index (χ2v) is 5.84. The van der Waals surface area contributed by atoms with E-state index >= 15 is 0 Å². The molecule has 1 aliphatic carbocycles. The van der Waals surface area contributed by atoms with Crippen LogP contribution in [0.5, 0.6) is 0 Å². The Kier molecular flexibility index (Phi) is 3.92. The van der Waals surface area contributed by atoms with Crippen LogP contribution >= 0.6 is 0 Å². The van der Waals surface area contributed by atoms with Crippen LogP contribution in [0.15, 0.2) is 29.1 Å². The first-order valence-corrected chi connectivity index (χ1v) is 7.48. The van der Waals surface area contributed by atoms with Crippen molar-refractivity contribution in [3.05, 3.63) is 57.1 Å². The zero-order valence-electron chi connectivity index (χ0n) is 12.5. The van der Waals surface area contributed by atoms with Crippen molar-refractivity contribution in [1.29, 1.82) is 5.26 Å². The van der Waals surface area contributed by atoms with Gasteiger partial charge in [0.2, 0.25) is 0 Å². The maximum Gasteiger partial charge on any atom is 0.271 e. The highest BCUT2D eigenvalue weighted by atomic mass is 16.1. The average molecular weight is 294 g/mol. The van der Waals surface area contributed by atoms with Gasteiger partial charge in [0.25, 0.3) is 5.56 Å². The van der Waals surface area contributed by atoms with Crippen LogP contribution in [0.25, 0.3) is 0 Å². The van der Waals surface area contributed by atoms with E-state index in [1.807, 2.05) is 31.2 Å². The van der Waals surface area contributed by atoms with Gasteiger partial charge in [-0.05, 0) is 31.2 Å². The molecular formula is C17H18N4O. The van der Waals surface area contributed by atoms with Crippen molar-refractivity contribution >= 4 is 5.82 Å². The number of aromatic amines is 1. The van der Waals surface area contributed by atoms with Gasteiger partial charge in [-0.2, -0.15) is 5.26 Å². The highest BCUT2D eigenvalue weighted by molar-refractivity contribution is 5.50. The molecule has 1 fully saturated rings. The van der Waals surface area contributed by atoms with Crippen LogP contribution < -0.4 is 10.9 Å². The van der Waals surface area contributed by atoms with E-state index in [-0.39, 0.29) is 11.1 Å². The lowest BCUT2D eigenvalue weighted by Crippen LogP contribution is -2.20. The van der Waals surface area contributed by atoms with Gasteiger partial charge in [0.1, 0.15) is 11.9 Å². The Bertz CT molecular complexity index is 784. The summed E-state index contributed by atoms with van der Waals surface area (Å²) < 4.78 is 0. The van der Waals surface area contributed by atoms with Crippen molar-refractivity contribution < 1.29 is 0 Å². The molecule has 1 aromatic carbocycles. The standard InChI is InChI=1S/C17H18N4O/c1-11-3-2-4-13(7-11)8-15-20-16(19-10-12-5-6-12)14(9-18)17(22)21-15/h2-4,7,12H,5-6,8,10H2,1H3,(H2,19,20,21,22). The number of hydrogen-bond acceptors (Lipinski definition) is 4. The molecular weight excluding hydrogens is 276 g/mol. The van der Waals surface area contributed by atoms with Gasteiger partial charge in [0, 0.05) is 13.0 Å². The third-order valence-corrected chi connectivity index (χ3v) is 3.79. The smallest absolute Gasteiger partial charge is 0.271 e. The largest absolute Gasteiger partial charge is 0.368 e. The van der Waals surface area contributed by atoms with Gasteiger partial charge in [-0.3, -0.25) is 4.79 Å². The van der Waals surface area contributed by atoms with E-state index in [1.165, 1.54) is 18.4 Å². The normalized spacial score (nSPS) is 13.6. The first kappa shape index (κ1) is 14.3. The third kappa shape index (κ3) is 3.34. The lowest BCUT2D eigenvalue weighted by molar-refractivity contribution is 0.866. The molecule has 3 rings (SSSR count). The van der Waals surface area contributed by atoms with Crippen molar-refractivity contribution in [2.24, 2.45) is 5.92 Å². The second-order valence-electron chi connectivity index (χ2n) is 5.84. The molecule has 0 unspecified atom stereocenters. The lowest BCUT2D eigenvalue weighted by atomic mass is 10.1. The van der Waals surface area contributed by atoms with E-state index in [0.717, 1.165) is 12.1 Å². The first-order chi connectivity index (χ1) is 10.7. The van der Waals surface area contributed by atoms with Crippen molar-refractivity contribution in [3.8, 4) is 6.07 Å². The Balaban J connectivity index is 1.87. The van der Waals surface area contributed by atoms with E-state index in [2.05, 4.69) is 21.4 Å². The van der Waals surface area contributed by atoms with Crippen LogP contribution in [0.3, 0.4) is 0 Å². The fourth-order valence-corrected chi connectivity index (χ4v) is 2.41. The number of anilines is 1. The van der Waals surface area contributed by atoms with E-state index in [0.29, 0.717) is 24.0 Å². The highest BCUT2D eigenvalue weighted by Gasteiger charge is 2.22. The molecule has 2 aromatic rings. The van der Waals surface area contributed by atoms with Crippen molar-refractivity contribution in [2.45, 2.75) is 26.2 Å². The number of nitrogens with one attached hydrogen (secondary N) is 2. The summed E-state index contributed by atoms with van der Waals surface area (Å²) in [7, 11) is 0. The van der Waals surface area contributed by atoms with Gasteiger partial charge >= 0.3 is 0 Å². The molecule has 1 saturated carbocycles. The van der Waals surface area contributed by atoms with Gasteiger partial charge in [-0.1, -0.05) is 29.8 Å². The maximum absolute atomic E-state index is 12.1. The van der Waals surface area contributed by atoms with E-state index in [4.69, 9.17) is 5.26 Å². The molecule has 0 bridgehead atoms. The fourth-order valence-electron chi connectivity index (χ4n) is 2.41. The molecule has 112 valence electrons. The Hall–Kier alpha value is -2.61. The van der Waals surface area contributed by atoms with Crippen LogP contribution in [0.2, 0.25) is 0 Å². The zero-order chi connectivity index (χ0) is 15.5. The van der Waals surface area contributed by atoms with Crippen LogP contribution in [-0.4, -0.2) is 16.5 Å². The molecule has 0 amide bonds. The monoisotopic (exact) mass is 294 g/mol. The minimum absolute atomic E-state index is 0.0636. The zero-order valence-corrected chi connectivity index (χ0v) is 12.5. The lowest BCUT2D eigenvalue weighted by Gasteiger charge is -2.09. The van der Waals surface area contributed by atoms with Crippen LogP contribution in [0.4, 0.5) is 5.82 Å². The van der Waals surface area contributed by atoms with Gasteiger partial charge < -0.3 is 10.3 Å². The number of aryl methyl sites for hydroxylation is 1. The number of H-pyrrole nitrogens is 1. The molecule has 0 spiro atoms. The van der Waals surface area contributed by atoms with E-state index in [9.17, 15) is 4.79 Å². The number of nitriles is 1. The molecule has 0 saturated heterocycles. The summed E-state index contributed by atoms with van der Waals surface area (Å²) >= 11 is 0. The summed E-state index contributed by atoms with van der Waals surface area (Å²) in [6.07, 6.45) is 2.95. The summed E-state index contributed by atoms with van der Waals surface area (Å²) in [5.74, 6) is 1.63. The van der Waals surface area contributed by atoms with Crippen molar-refractivity contribution in [1.82, 2.24) is 9.97 Å². The summed E-state index contributed by atoms with van der Waals surface area (Å²) in [6, 6.07) is 10.0. The molecule has 5 heteroatoms. The minimum Gasteiger partial charge on any atom is -0.368 e. The Morgan fingerprint density at radius 1 is 1.45 bits per heavy atom. The van der Waals surface area contributed by atoms with Gasteiger partial charge in [-0.15, -0.1) is 0 Å². The third-order valence-electron chi connectivity index (χ3n) is 3.79. The molecule has 1 heterocycles. The van der Waals surface area contributed by atoms with Crippen LogP contribution in [-0.2, 0) is 6.42 Å². The Labute approximate surface area is 129 Å². The second kappa shape index (κ2) is 6.02. The molecule has 2 N–H and O–H groups in total. The fraction of sp³-hybridized carbons (Fsp3) is 0.353. The Morgan fingerprint density at radius 2 is 2.27 bits per heavy atom. The predicted octanol–water partition coefficient (Wildman–Crippen LogP) is 2.36. The number of nitrogens with zero attached hydrogens (tertiary/aromatic N) is 2. The molecule has 0 radical (unpaired) electrons. The number of hydrogen-bond donors (Lipinski definition) is 2. The molecule has 5 nitrogen and oxygen atoms in total. The number of benzene rings is 1. The quantitative estimate of drug-likeness (QED) is 0.887. The molecule has 1 aromatic heterocycles.